The molecule has 1 aliphatic heterocycles. The van der Waals surface area contributed by atoms with Crippen LogP contribution in [-0.2, 0) is 14.8 Å². The summed E-state index contributed by atoms with van der Waals surface area (Å²) in [6, 6.07) is 8.38. The standard InChI is InChI=1S/C19H31N3O3S/c1-16-7-6-8-17(15-16)20-11-13-21(14-12-20)18(23)9-10-22(19(2,3)4)26(5,24)25/h6-8,15H,9-14H2,1-5H3. The van der Waals surface area contributed by atoms with Gasteiger partial charge in [0.1, 0.15) is 0 Å². The highest BCUT2D eigenvalue weighted by Gasteiger charge is 2.30. The van der Waals surface area contributed by atoms with E-state index in [9.17, 15) is 13.2 Å². The molecule has 1 aromatic carbocycles. The molecule has 1 heterocycles. The van der Waals surface area contributed by atoms with Gasteiger partial charge in [0.05, 0.1) is 6.26 Å². The van der Waals surface area contributed by atoms with Gasteiger partial charge in [0.15, 0.2) is 0 Å². The Morgan fingerprint density at radius 1 is 1.15 bits per heavy atom. The van der Waals surface area contributed by atoms with Crippen molar-refractivity contribution in [1.29, 1.82) is 0 Å². The molecule has 0 bridgehead atoms. The number of anilines is 1. The van der Waals surface area contributed by atoms with Gasteiger partial charge in [0.25, 0.3) is 0 Å². The van der Waals surface area contributed by atoms with E-state index < -0.39 is 15.6 Å². The number of benzene rings is 1. The lowest BCUT2D eigenvalue weighted by Crippen LogP contribution is -2.50. The predicted octanol–water partition coefficient (Wildman–Crippen LogP) is 2.09. The maximum atomic E-state index is 12.5. The Labute approximate surface area is 157 Å². The summed E-state index contributed by atoms with van der Waals surface area (Å²) in [6.45, 7) is 10.8. The number of amides is 1. The van der Waals surface area contributed by atoms with Crippen molar-refractivity contribution in [3.05, 3.63) is 29.8 Å². The number of hydrogen-bond donors (Lipinski definition) is 0. The van der Waals surface area contributed by atoms with Crippen molar-refractivity contribution < 1.29 is 13.2 Å². The van der Waals surface area contributed by atoms with Crippen LogP contribution in [0.25, 0.3) is 0 Å². The molecule has 0 saturated carbocycles. The third kappa shape index (κ3) is 5.45. The Balaban J connectivity index is 1.90. The summed E-state index contributed by atoms with van der Waals surface area (Å²) in [6.07, 6.45) is 1.41. The van der Waals surface area contributed by atoms with Crippen molar-refractivity contribution in [2.24, 2.45) is 0 Å². The number of carbonyl (C=O) groups is 1. The predicted molar refractivity (Wildman–Crippen MR) is 106 cm³/mol. The molecule has 1 amide bonds. The molecule has 0 aliphatic carbocycles. The minimum atomic E-state index is -3.34. The third-order valence-electron chi connectivity index (χ3n) is 4.68. The first-order valence-electron chi connectivity index (χ1n) is 9.06. The average Bonchev–Trinajstić information content (AvgIpc) is 2.52. The summed E-state index contributed by atoms with van der Waals surface area (Å²) in [5.41, 5.74) is 1.88. The summed E-state index contributed by atoms with van der Waals surface area (Å²) in [5.74, 6) is 0.0202. The van der Waals surface area contributed by atoms with Crippen LogP contribution < -0.4 is 4.90 Å². The lowest BCUT2D eigenvalue weighted by atomic mass is 10.1. The fourth-order valence-corrected chi connectivity index (χ4v) is 4.81. The molecule has 26 heavy (non-hydrogen) atoms. The zero-order chi connectivity index (χ0) is 19.5. The monoisotopic (exact) mass is 381 g/mol. The van der Waals surface area contributed by atoms with Crippen LogP contribution in [0, 0.1) is 6.92 Å². The van der Waals surface area contributed by atoms with E-state index in [0.29, 0.717) is 13.1 Å². The van der Waals surface area contributed by atoms with Crippen molar-refractivity contribution >= 4 is 21.6 Å². The summed E-state index contributed by atoms with van der Waals surface area (Å²) < 4.78 is 25.4. The number of hydrogen-bond acceptors (Lipinski definition) is 4. The number of carbonyl (C=O) groups excluding carboxylic acids is 1. The lowest BCUT2D eigenvalue weighted by Gasteiger charge is -2.37. The lowest BCUT2D eigenvalue weighted by molar-refractivity contribution is -0.131. The fraction of sp³-hybridized carbons (Fsp3) is 0.632. The molecular weight excluding hydrogens is 350 g/mol. The maximum Gasteiger partial charge on any atom is 0.224 e. The molecule has 0 unspecified atom stereocenters. The van der Waals surface area contributed by atoms with Gasteiger partial charge in [-0.2, -0.15) is 4.31 Å². The maximum absolute atomic E-state index is 12.5. The molecular formula is C19H31N3O3S. The van der Waals surface area contributed by atoms with E-state index in [1.165, 1.54) is 21.8 Å². The fourth-order valence-electron chi connectivity index (χ4n) is 3.39. The average molecular weight is 382 g/mol. The first kappa shape index (κ1) is 20.7. The van der Waals surface area contributed by atoms with Crippen LogP contribution >= 0.6 is 0 Å². The SMILES string of the molecule is Cc1cccc(N2CCN(C(=O)CCN(C(C)(C)C)S(C)(=O)=O)CC2)c1. The van der Waals surface area contributed by atoms with Gasteiger partial charge >= 0.3 is 0 Å². The van der Waals surface area contributed by atoms with Crippen LogP contribution in [0.5, 0.6) is 0 Å². The highest BCUT2D eigenvalue weighted by molar-refractivity contribution is 7.88. The Morgan fingerprint density at radius 2 is 1.77 bits per heavy atom. The van der Waals surface area contributed by atoms with Gasteiger partial charge in [0, 0.05) is 50.4 Å². The van der Waals surface area contributed by atoms with Crippen LogP contribution in [0.15, 0.2) is 24.3 Å². The van der Waals surface area contributed by atoms with Crippen molar-refractivity contribution in [2.75, 3.05) is 43.9 Å². The minimum absolute atomic E-state index is 0.0202. The molecule has 2 rings (SSSR count). The zero-order valence-electron chi connectivity index (χ0n) is 16.5. The smallest absolute Gasteiger partial charge is 0.224 e. The molecule has 0 spiro atoms. The summed E-state index contributed by atoms with van der Waals surface area (Å²) in [4.78, 5) is 16.7. The van der Waals surface area contributed by atoms with Crippen LogP contribution in [0.1, 0.15) is 32.8 Å². The van der Waals surface area contributed by atoms with Crippen LogP contribution in [-0.4, -0.2) is 68.0 Å². The largest absolute Gasteiger partial charge is 0.368 e. The molecule has 0 atom stereocenters. The van der Waals surface area contributed by atoms with Crippen LogP contribution in [0.2, 0.25) is 0 Å². The van der Waals surface area contributed by atoms with Gasteiger partial charge in [0.2, 0.25) is 15.9 Å². The van der Waals surface area contributed by atoms with Crippen molar-refractivity contribution in [3.63, 3.8) is 0 Å². The normalized spacial score (nSPS) is 16.2. The van der Waals surface area contributed by atoms with Gasteiger partial charge in [-0.15, -0.1) is 0 Å². The van der Waals surface area contributed by atoms with Crippen LogP contribution in [0.4, 0.5) is 5.69 Å². The number of rotatable bonds is 5. The molecule has 146 valence electrons. The van der Waals surface area contributed by atoms with E-state index in [0.717, 1.165) is 13.1 Å². The highest BCUT2D eigenvalue weighted by Crippen LogP contribution is 2.20. The number of aryl methyl sites for hydroxylation is 1. The second-order valence-electron chi connectivity index (χ2n) is 7.96. The first-order valence-corrected chi connectivity index (χ1v) is 10.9. The molecule has 0 aromatic heterocycles. The van der Waals surface area contributed by atoms with E-state index in [-0.39, 0.29) is 18.9 Å². The van der Waals surface area contributed by atoms with E-state index >= 15 is 0 Å². The molecule has 1 saturated heterocycles. The Kier molecular flexibility index (Phi) is 6.34. The Hall–Kier alpha value is -1.60. The molecule has 1 fully saturated rings. The quantitative estimate of drug-likeness (QED) is 0.784. The van der Waals surface area contributed by atoms with Crippen molar-refractivity contribution in [3.8, 4) is 0 Å². The van der Waals surface area contributed by atoms with E-state index in [2.05, 4.69) is 36.1 Å². The van der Waals surface area contributed by atoms with Crippen molar-refractivity contribution in [2.45, 2.75) is 39.7 Å². The topological polar surface area (TPSA) is 60.9 Å². The summed E-state index contributed by atoms with van der Waals surface area (Å²) in [5, 5.41) is 0. The number of piperazine rings is 1. The second-order valence-corrected chi connectivity index (χ2v) is 9.87. The van der Waals surface area contributed by atoms with E-state index in [1.807, 2.05) is 25.7 Å². The molecule has 0 radical (unpaired) electrons. The number of sulfonamides is 1. The Morgan fingerprint density at radius 3 is 2.27 bits per heavy atom. The molecule has 6 nitrogen and oxygen atoms in total. The zero-order valence-corrected chi connectivity index (χ0v) is 17.3. The van der Waals surface area contributed by atoms with E-state index in [1.54, 1.807) is 0 Å². The van der Waals surface area contributed by atoms with Gasteiger partial charge in [-0.1, -0.05) is 12.1 Å². The Bertz CT molecular complexity index is 733. The summed E-state index contributed by atoms with van der Waals surface area (Å²) in [7, 11) is -3.34. The van der Waals surface area contributed by atoms with Gasteiger partial charge in [-0.05, 0) is 45.4 Å². The molecule has 1 aliphatic rings. The highest BCUT2D eigenvalue weighted by atomic mass is 32.2. The van der Waals surface area contributed by atoms with Crippen LogP contribution in [0.3, 0.4) is 0 Å². The van der Waals surface area contributed by atoms with E-state index in [4.69, 9.17) is 0 Å². The molecule has 1 aromatic rings. The van der Waals surface area contributed by atoms with Gasteiger partial charge in [-0.25, -0.2) is 8.42 Å². The van der Waals surface area contributed by atoms with Gasteiger partial charge < -0.3 is 9.80 Å². The first-order chi connectivity index (χ1) is 12.0. The number of nitrogens with zero attached hydrogens (tertiary/aromatic N) is 3. The van der Waals surface area contributed by atoms with Gasteiger partial charge in [-0.3, -0.25) is 4.79 Å². The summed E-state index contributed by atoms with van der Waals surface area (Å²) >= 11 is 0. The minimum Gasteiger partial charge on any atom is -0.368 e. The third-order valence-corrected chi connectivity index (χ3v) is 6.21. The molecule has 0 N–H and O–H groups in total. The molecule has 7 heteroatoms. The second kappa shape index (κ2) is 7.96. The van der Waals surface area contributed by atoms with Crippen molar-refractivity contribution in [1.82, 2.24) is 9.21 Å².